The van der Waals surface area contributed by atoms with Gasteiger partial charge in [-0.15, -0.1) is 0 Å². The van der Waals surface area contributed by atoms with Gasteiger partial charge >= 0.3 is 0 Å². The van der Waals surface area contributed by atoms with E-state index in [-0.39, 0.29) is 17.6 Å². The van der Waals surface area contributed by atoms with Crippen molar-refractivity contribution in [2.45, 2.75) is 32.6 Å². The van der Waals surface area contributed by atoms with Gasteiger partial charge in [-0.2, -0.15) is 0 Å². The zero-order chi connectivity index (χ0) is 15.5. The summed E-state index contributed by atoms with van der Waals surface area (Å²) in [6.07, 6.45) is 5.20. The zero-order valence-electron chi connectivity index (χ0n) is 12.3. The fourth-order valence-corrected chi connectivity index (χ4v) is 3.87. The van der Waals surface area contributed by atoms with Crippen LogP contribution in [0.2, 0.25) is 0 Å². The Hall–Kier alpha value is -1.34. The second-order valence-electron chi connectivity index (χ2n) is 5.71. The van der Waals surface area contributed by atoms with Crippen molar-refractivity contribution in [3.63, 3.8) is 0 Å². The van der Waals surface area contributed by atoms with Crippen LogP contribution in [0.25, 0.3) is 0 Å². The van der Waals surface area contributed by atoms with E-state index in [0.29, 0.717) is 18.7 Å². The minimum absolute atomic E-state index is 0.0150. The molecule has 1 aliphatic rings. The van der Waals surface area contributed by atoms with Gasteiger partial charge in [0.15, 0.2) is 0 Å². The summed E-state index contributed by atoms with van der Waals surface area (Å²) in [5.41, 5.74) is 1.66. The number of H-pyrrole nitrogens is 1. The Balaban J connectivity index is 2.06. The Bertz CT molecular complexity index is 594. The van der Waals surface area contributed by atoms with Crippen molar-refractivity contribution in [1.82, 2.24) is 9.88 Å². The van der Waals surface area contributed by atoms with E-state index in [1.54, 1.807) is 17.2 Å². The molecule has 0 aliphatic carbocycles. The number of aromatic amines is 1. The lowest BCUT2D eigenvalue weighted by atomic mass is 9.99. The lowest BCUT2D eigenvalue weighted by Crippen LogP contribution is -2.42. The summed E-state index contributed by atoms with van der Waals surface area (Å²) in [5, 5.41) is 5.11. The molecule has 1 unspecified atom stereocenters. The first-order valence-corrected chi connectivity index (χ1v) is 9.08. The van der Waals surface area contributed by atoms with E-state index in [0.717, 1.165) is 31.4 Å². The highest BCUT2D eigenvalue weighted by atomic mass is 32.2. The Morgan fingerprint density at radius 3 is 2.95 bits per heavy atom. The van der Waals surface area contributed by atoms with E-state index >= 15 is 0 Å². The standard InChI is InChI=1S/C14H23N3O3S/c1-2-4-13-12(6-7-16-13)14(18)17-8-3-5-11(9-17)10-21(15,19)20/h6-7,11,16H,2-5,8-10H2,1H3,(H2,15,19,20). The minimum Gasteiger partial charge on any atom is -0.364 e. The van der Waals surface area contributed by atoms with Gasteiger partial charge in [0.05, 0.1) is 11.3 Å². The monoisotopic (exact) mass is 313 g/mol. The van der Waals surface area contributed by atoms with E-state index in [1.807, 2.05) is 0 Å². The van der Waals surface area contributed by atoms with E-state index in [4.69, 9.17) is 5.14 Å². The molecule has 1 saturated heterocycles. The predicted octanol–water partition coefficient (Wildman–Crippen LogP) is 1.11. The van der Waals surface area contributed by atoms with Crippen LogP contribution in [0.4, 0.5) is 0 Å². The molecule has 1 amide bonds. The molecule has 2 heterocycles. The molecule has 1 aromatic rings. The predicted molar refractivity (Wildman–Crippen MR) is 81.4 cm³/mol. The van der Waals surface area contributed by atoms with Crippen LogP contribution >= 0.6 is 0 Å². The van der Waals surface area contributed by atoms with Crippen LogP contribution in [0.15, 0.2) is 12.3 Å². The summed E-state index contributed by atoms with van der Waals surface area (Å²) in [5.74, 6) is -0.128. The van der Waals surface area contributed by atoms with Gasteiger partial charge in [-0.05, 0) is 31.2 Å². The summed E-state index contributed by atoms with van der Waals surface area (Å²) in [6.45, 7) is 3.21. The number of carbonyl (C=O) groups excluding carboxylic acids is 1. The van der Waals surface area contributed by atoms with E-state index < -0.39 is 10.0 Å². The number of nitrogens with one attached hydrogen (secondary N) is 1. The molecule has 0 radical (unpaired) electrons. The first-order chi connectivity index (χ1) is 9.90. The van der Waals surface area contributed by atoms with Crippen LogP contribution in [0, 0.1) is 5.92 Å². The average molecular weight is 313 g/mol. The normalized spacial score (nSPS) is 19.7. The number of primary sulfonamides is 1. The lowest BCUT2D eigenvalue weighted by molar-refractivity contribution is 0.0683. The van der Waals surface area contributed by atoms with Crippen molar-refractivity contribution in [3.8, 4) is 0 Å². The van der Waals surface area contributed by atoms with Crippen LogP contribution in [0.5, 0.6) is 0 Å². The van der Waals surface area contributed by atoms with Gasteiger partial charge in [-0.3, -0.25) is 4.79 Å². The fraction of sp³-hybridized carbons (Fsp3) is 0.643. The smallest absolute Gasteiger partial charge is 0.255 e. The highest BCUT2D eigenvalue weighted by molar-refractivity contribution is 7.89. The van der Waals surface area contributed by atoms with Gasteiger partial charge in [0.1, 0.15) is 0 Å². The zero-order valence-corrected chi connectivity index (χ0v) is 13.2. The quantitative estimate of drug-likeness (QED) is 0.852. The molecule has 1 fully saturated rings. The van der Waals surface area contributed by atoms with E-state index in [9.17, 15) is 13.2 Å². The molecule has 0 aromatic carbocycles. The maximum absolute atomic E-state index is 12.6. The largest absolute Gasteiger partial charge is 0.364 e. The SMILES string of the molecule is CCCc1[nH]ccc1C(=O)N1CCCC(CS(N)(=O)=O)C1. The summed E-state index contributed by atoms with van der Waals surface area (Å²) >= 11 is 0. The number of nitrogens with two attached hydrogens (primary N) is 1. The van der Waals surface area contributed by atoms with Gasteiger partial charge < -0.3 is 9.88 Å². The van der Waals surface area contributed by atoms with Crippen molar-refractivity contribution in [2.24, 2.45) is 11.1 Å². The van der Waals surface area contributed by atoms with Crippen LogP contribution in [-0.4, -0.2) is 43.1 Å². The number of hydrogen-bond donors (Lipinski definition) is 2. The molecule has 1 aliphatic heterocycles. The van der Waals surface area contributed by atoms with Gasteiger partial charge in [0, 0.05) is 25.0 Å². The number of aryl methyl sites for hydroxylation is 1. The van der Waals surface area contributed by atoms with Crippen molar-refractivity contribution in [3.05, 3.63) is 23.5 Å². The molecule has 6 nitrogen and oxygen atoms in total. The number of rotatable bonds is 5. The molecule has 1 atom stereocenters. The lowest BCUT2D eigenvalue weighted by Gasteiger charge is -2.32. The molecular weight excluding hydrogens is 290 g/mol. The average Bonchev–Trinajstić information content (AvgIpc) is 2.85. The molecule has 2 rings (SSSR count). The molecule has 0 bridgehead atoms. The van der Waals surface area contributed by atoms with Gasteiger partial charge in [0.25, 0.3) is 5.91 Å². The summed E-state index contributed by atoms with van der Waals surface area (Å²) in [6, 6.07) is 1.80. The number of likely N-dealkylation sites (tertiary alicyclic amines) is 1. The van der Waals surface area contributed by atoms with Gasteiger partial charge in [0.2, 0.25) is 10.0 Å². The highest BCUT2D eigenvalue weighted by Gasteiger charge is 2.28. The van der Waals surface area contributed by atoms with E-state index in [2.05, 4.69) is 11.9 Å². The van der Waals surface area contributed by atoms with Crippen LogP contribution in [0.3, 0.4) is 0 Å². The first-order valence-electron chi connectivity index (χ1n) is 7.36. The van der Waals surface area contributed by atoms with Crippen molar-refractivity contribution in [2.75, 3.05) is 18.8 Å². The Morgan fingerprint density at radius 1 is 1.52 bits per heavy atom. The number of amides is 1. The number of nitrogens with zero attached hydrogens (tertiary/aromatic N) is 1. The molecule has 3 N–H and O–H groups in total. The third-order valence-electron chi connectivity index (χ3n) is 3.84. The molecule has 0 saturated carbocycles. The summed E-state index contributed by atoms with van der Waals surface area (Å²) in [7, 11) is -3.49. The number of carbonyl (C=O) groups is 1. The van der Waals surface area contributed by atoms with Crippen molar-refractivity contribution >= 4 is 15.9 Å². The number of aromatic nitrogens is 1. The molecule has 1 aromatic heterocycles. The number of sulfonamides is 1. The molecule has 0 spiro atoms. The molecule has 21 heavy (non-hydrogen) atoms. The second kappa shape index (κ2) is 6.62. The second-order valence-corrected chi connectivity index (χ2v) is 7.37. The Morgan fingerprint density at radius 2 is 2.29 bits per heavy atom. The van der Waals surface area contributed by atoms with Crippen molar-refractivity contribution in [1.29, 1.82) is 0 Å². The minimum atomic E-state index is -3.49. The third-order valence-corrected chi connectivity index (χ3v) is 4.77. The summed E-state index contributed by atoms with van der Waals surface area (Å²) < 4.78 is 22.4. The highest BCUT2D eigenvalue weighted by Crippen LogP contribution is 2.21. The maximum atomic E-state index is 12.6. The first kappa shape index (κ1) is 16.0. The Labute approximate surface area is 125 Å². The molecular formula is C14H23N3O3S. The third kappa shape index (κ3) is 4.31. The molecule has 118 valence electrons. The fourth-order valence-electron chi connectivity index (χ4n) is 2.95. The van der Waals surface area contributed by atoms with Gasteiger partial charge in [-0.25, -0.2) is 13.6 Å². The summed E-state index contributed by atoms with van der Waals surface area (Å²) in [4.78, 5) is 17.5. The molecule has 7 heteroatoms. The van der Waals surface area contributed by atoms with Crippen LogP contribution in [0.1, 0.15) is 42.2 Å². The van der Waals surface area contributed by atoms with E-state index in [1.165, 1.54) is 0 Å². The number of hydrogen-bond acceptors (Lipinski definition) is 3. The van der Waals surface area contributed by atoms with Crippen LogP contribution in [-0.2, 0) is 16.4 Å². The topological polar surface area (TPSA) is 96.3 Å². The van der Waals surface area contributed by atoms with Crippen LogP contribution < -0.4 is 5.14 Å². The maximum Gasteiger partial charge on any atom is 0.255 e. The Kier molecular flexibility index (Phi) is 5.05. The van der Waals surface area contributed by atoms with Gasteiger partial charge in [-0.1, -0.05) is 13.3 Å². The van der Waals surface area contributed by atoms with Crippen molar-refractivity contribution < 1.29 is 13.2 Å². The number of piperidine rings is 1.